The van der Waals surface area contributed by atoms with E-state index in [4.69, 9.17) is 33.7 Å². The minimum absolute atomic E-state index is 0.349. The Morgan fingerprint density at radius 1 is 1.06 bits per heavy atom. The Bertz CT molecular complexity index is 575. The minimum Gasteiger partial charge on any atom is -0.455 e. The summed E-state index contributed by atoms with van der Waals surface area (Å²) >= 11 is 15.4. The van der Waals surface area contributed by atoms with E-state index < -0.39 is 0 Å². The van der Waals surface area contributed by atoms with Gasteiger partial charge in [0.1, 0.15) is 11.5 Å². The van der Waals surface area contributed by atoms with Gasteiger partial charge in [0.05, 0.1) is 5.02 Å². The van der Waals surface area contributed by atoms with E-state index in [9.17, 15) is 0 Å². The Hall–Kier alpha value is -0.740. The van der Waals surface area contributed by atoms with Gasteiger partial charge in [0.2, 0.25) is 0 Å². The standard InChI is InChI=1S/C13H10BrCl2NO/c14-9-1-3-11(16)13(6-9)18-12-4-2-10(15)5-8(12)7-17/h1-6H,7,17H2. The lowest BCUT2D eigenvalue weighted by atomic mass is 10.2. The zero-order valence-corrected chi connectivity index (χ0v) is 12.4. The summed E-state index contributed by atoms with van der Waals surface area (Å²) in [7, 11) is 0. The average molecular weight is 347 g/mol. The highest BCUT2D eigenvalue weighted by atomic mass is 79.9. The van der Waals surface area contributed by atoms with Gasteiger partial charge in [0.15, 0.2) is 0 Å². The second-order valence-corrected chi connectivity index (χ2v) is 5.39. The van der Waals surface area contributed by atoms with Crippen LogP contribution in [0.2, 0.25) is 10.0 Å². The normalized spacial score (nSPS) is 10.4. The monoisotopic (exact) mass is 345 g/mol. The Kier molecular flexibility index (Phi) is 4.51. The highest BCUT2D eigenvalue weighted by Gasteiger charge is 2.08. The predicted molar refractivity (Wildman–Crippen MR) is 78.6 cm³/mol. The van der Waals surface area contributed by atoms with Crippen molar-refractivity contribution < 1.29 is 4.74 Å². The van der Waals surface area contributed by atoms with Crippen molar-refractivity contribution in [1.82, 2.24) is 0 Å². The van der Waals surface area contributed by atoms with Crippen LogP contribution in [0.3, 0.4) is 0 Å². The molecule has 0 atom stereocenters. The quantitative estimate of drug-likeness (QED) is 0.848. The maximum absolute atomic E-state index is 6.07. The first-order valence-electron chi connectivity index (χ1n) is 5.21. The first kappa shape index (κ1) is 13.7. The zero-order chi connectivity index (χ0) is 13.1. The topological polar surface area (TPSA) is 35.2 Å². The van der Waals surface area contributed by atoms with Gasteiger partial charge in [-0.25, -0.2) is 0 Å². The van der Waals surface area contributed by atoms with E-state index in [1.54, 1.807) is 30.3 Å². The molecule has 0 unspecified atom stereocenters. The fourth-order valence-electron chi connectivity index (χ4n) is 1.48. The van der Waals surface area contributed by atoms with Gasteiger partial charge in [-0.15, -0.1) is 0 Å². The molecule has 0 radical (unpaired) electrons. The van der Waals surface area contributed by atoms with Crippen molar-refractivity contribution in [2.75, 3.05) is 0 Å². The molecule has 0 saturated carbocycles. The van der Waals surface area contributed by atoms with E-state index in [0.717, 1.165) is 10.0 Å². The van der Waals surface area contributed by atoms with Gasteiger partial charge in [-0.2, -0.15) is 0 Å². The number of nitrogens with two attached hydrogens (primary N) is 1. The summed E-state index contributed by atoms with van der Waals surface area (Å²) in [5, 5.41) is 1.17. The number of ether oxygens (including phenoxy) is 1. The van der Waals surface area contributed by atoms with Crippen LogP contribution in [0.4, 0.5) is 0 Å². The van der Waals surface area contributed by atoms with Crippen LogP contribution in [0.25, 0.3) is 0 Å². The van der Waals surface area contributed by atoms with Gasteiger partial charge >= 0.3 is 0 Å². The van der Waals surface area contributed by atoms with E-state index in [2.05, 4.69) is 15.9 Å². The molecule has 5 heteroatoms. The second kappa shape index (κ2) is 5.93. The highest BCUT2D eigenvalue weighted by molar-refractivity contribution is 9.10. The summed E-state index contributed by atoms with van der Waals surface area (Å²) in [5.74, 6) is 1.23. The van der Waals surface area contributed by atoms with Gasteiger partial charge in [0, 0.05) is 21.6 Å². The summed E-state index contributed by atoms with van der Waals surface area (Å²) in [6, 6.07) is 10.7. The van der Waals surface area contributed by atoms with Crippen LogP contribution >= 0.6 is 39.1 Å². The molecule has 0 saturated heterocycles. The van der Waals surface area contributed by atoms with Crippen molar-refractivity contribution in [3.05, 3.63) is 56.5 Å². The Morgan fingerprint density at radius 3 is 2.56 bits per heavy atom. The smallest absolute Gasteiger partial charge is 0.147 e. The minimum atomic E-state index is 0.349. The third-order valence-corrected chi connectivity index (χ3v) is 3.40. The summed E-state index contributed by atoms with van der Waals surface area (Å²) in [4.78, 5) is 0. The lowest BCUT2D eigenvalue weighted by molar-refractivity contribution is 0.476. The van der Waals surface area contributed by atoms with Crippen LogP contribution in [0, 0.1) is 0 Å². The molecule has 0 spiro atoms. The van der Waals surface area contributed by atoms with Gasteiger partial charge in [0.25, 0.3) is 0 Å². The molecule has 0 amide bonds. The third-order valence-electron chi connectivity index (χ3n) is 2.36. The van der Waals surface area contributed by atoms with Crippen molar-refractivity contribution >= 4 is 39.1 Å². The number of halogens is 3. The fourth-order valence-corrected chi connectivity index (χ4v) is 2.17. The van der Waals surface area contributed by atoms with Gasteiger partial charge in [-0.1, -0.05) is 39.1 Å². The van der Waals surface area contributed by atoms with Crippen LogP contribution in [0.1, 0.15) is 5.56 Å². The third kappa shape index (κ3) is 3.18. The summed E-state index contributed by atoms with van der Waals surface area (Å²) in [6.45, 7) is 0.349. The number of benzene rings is 2. The molecule has 2 nitrogen and oxygen atoms in total. The molecule has 2 N–H and O–H groups in total. The fraction of sp³-hybridized carbons (Fsp3) is 0.0769. The van der Waals surface area contributed by atoms with Crippen molar-refractivity contribution in [1.29, 1.82) is 0 Å². The van der Waals surface area contributed by atoms with E-state index in [1.807, 2.05) is 6.07 Å². The van der Waals surface area contributed by atoms with Crippen LogP contribution in [0.5, 0.6) is 11.5 Å². The van der Waals surface area contributed by atoms with Crippen LogP contribution in [0.15, 0.2) is 40.9 Å². The summed E-state index contributed by atoms with van der Waals surface area (Å²) < 4.78 is 6.66. The van der Waals surface area contributed by atoms with Gasteiger partial charge < -0.3 is 10.5 Å². The van der Waals surface area contributed by atoms with Gasteiger partial charge in [-0.3, -0.25) is 0 Å². The van der Waals surface area contributed by atoms with Crippen LogP contribution in [-0.2, 0) is 6.54 Å². The predicted octanol–water partition coefficient (Wildman–Crippen LogP) is 5.01. The molecule has 2 rings (SSSR count). The second-order valence-electron chi connectivity index (χ2n) is 3.63. The van der Waals surface area contributed by atoms with Gasteiger partial charge in [-0.05, 0) is 36.4 Å². The number of hydrogen-bond donors (Lipinski definition) is 1. The average Bonchev–Trinajstić information content (AvgIpc) is 2.36. The molecule has 18 heavy (non-hydrogen) atoms. The molecule has 2 aromatic rings. The Morgan fingerprint density at radius 2 is 1.83 bits per heavy atom. The first-order chi connectivity index (χ1) is 8.60. The lowest BCUT2D eigenvalue weighted by Gasteiger charge is -2.11. The number of hydrogen-bond acceptors (Lipinski definition) is 2. The maximum atomic E-state index is 6.07. The van der Waals surface area contributed by atoms with Crippen LogP contribution in [-0.4, -0.2) is 0 Å². The number of rotatable bonds is 3. The molecule has 0 aromatic heterocycles. The molecular formula is C13H10BrCl2NO. The van der Waals surface area contributed by atoms with Crippen molar-refractivity contribution in [3.63, 3.8) is 0 Å². The zero-order valence-electron chi connectivity index (χ0n) is 9.29. The maximum Gasteiger partial charge on any atom is 0.147 e. The van der Waals surface area contributed by atoms with Crippen molar-refractivity contribution in [2.24, 2.45) is 5.73 Å². The van der Waals surface area contributed by atoms with E-state index >= 15 is 0 Å². The Balaban J connectivity index is 2.36. The van der Waals surface area contributed by atoms with Crippen LogP contribution < -0.4 is 10.5 Å². The highest BCUT2D eigenvalue weighted by Crippen LogP contribution is 2.34. The lowest BCUT2D eigenvalue weighted by Crippen LogP contribution is -1.99. The van der Waals surface area contributed by atoms with Crippen molar-refractivity contribution in [3.8, 4) is 11.5 Å². The molecule has 0 fully saturated rings. The molecule has 0 aliphatic carbocycles. The Labute approximate surface area is 124 Å². The molecule has 94 valence electrons. The first-order valence-corrected chi connectivity index (χ1v) is 6.76. The molecule has 0 aliphatic heterocycles. The van der Waals surface area contributed by atoms with Crippen molar-refractivity contribution in [2.45, 2.75) is 6.54 Å². The molecule has 2 aromatic carbocycles. The van der Waals surface area contributed by atoms with E-state index in [-0.39, 0.29) is 0 Å². The molecule has 0 bridgehead atoms. The van der Waals surface area contributed by atoms with E-state index in [1.165, 1.54) is 0 Å². The molecule has 0 aliphatic rings. The SMILES string of the molecule is NCc1cc(Cl)ccc1Oc1cc(Br)ccc1Cl. The summed E-state index contributed by atoms with van der Waals surface area (Å²) in [6.07, 6.45) is 0. The molecule has 0 heterocycles. The summed E-state index contributed by atoms with van der Waals surface area (Å²) in [5.41, 5.74) is 6.49. The largest absolute Gasteiger partial charge is 0.455 e. The van der Waals surface area contributed by atoms with E-state index in [0.29, 0.717) is 28.1 Å². The molecular weight excluding hydrogens is 337 g/mol.